The summed E-state index contributed by atoms with van der Waals surface area (Å²) in [5, 5.41) is 11.5. The largest absolute Gasteiger partial charge is 0.455 e. The zero-order chi connectivity index (χ0) is 38.6. The van der Waals surface area contributed by atoms with Gasteiger partial charge in [-0.05, 0) is 53.2 Å². The number of nitrogens with zero attached hydrogens (tertiary/aromatic N) is 4. The number of hydrogen-bond donors (Lipinski definition) is 0. The smallest absolute Gasteiger partial charge is 0.167 e. The van der Waals surface area contributed by atoms with Gasteiger partial charge in [0.1, 0.15) is 11.2 Å². The highest BCUT2D eigenvalue weighted by molar-refractivity contribution is 7.26. The van der Waals surface area contributed by atoms with Gasteiger partial charge in [0.25, 0.3) is 0 Å². The van der Waals surface area contributed by atoms with E-state index in [1.165, 1.54) is 42.5 Å². The number of fused-ring (bicyclic) bond motifs is 12. The number of para-hydroxylation sites is 2. The van der Waals surface area contributed by atoms with Gasteiger partial charge in [0.15, 0.2) is 17.5 Å². The van der Waals surface area contributed by atoms with E-state index in [1.54, 1.807) is 11.3 Å². The Morgan fingerprint density at radius 3 is 1.85 bits per heavy atom. The molecule has 6 heteroatoms. The fourth-order valence-electron chi connectivity index (χ4n) is 9.13. The molecule has 4 heterocycles. The van der Waals surface area contributed by atoms with Crippen LogP contribution in [-0.2, 0) is 0 Å². The summed E-state index contributed by atoms with van der Waals surface area (Å²) >= 11 is 1.77. The first-order valence-electron chi connectivity index (χ1n) is 19.8. The van der Waals surface area contributed by atoms with Gasteiger partial charge in [0.2, 0.25) is 0 Å². The standard InChI is InChI=1S/C53H30N4OS/c1-2-14-31(15-3-1)51-54-52(56-53(55-51)41-25-13-23-39-36-20-9-11-27-47(36)59-50(39)41)40-24-12-22-38-43-30-46(34-18-6-7-21-37(34)49(43)58-48(38)40)57-44-26-10-8-19-35(44)42-28-32-16-4-5-17-33(32)29-45(42)57/h1-30H. The Kier molecular flexibility index (Phi) is 6.82. The Morgan fingerprint density at radius 2 is 1.00 bits per heavy atom. The number of furan rings is 1. The van der Waals surface area contributed by atoms with Crippen molar-refractivity contribution in [2.24, 2.45) is 0 Å². The SMILES string of the molecule is c1ccc(-c2nc(-c3cccc4c3oc3c5ccccc5c(-n5c6ccccc6c6cc7ccccc7cc65)cc43)nc(-c3cccc4c3sc3ccccc34)n2)cc1. The van der Waals surface area contributed by atoms with E-state index < -0.39 is 0 Å². The molecule has 0 spiro atoms. The van der Waals surface area contributed by atoms with Gasteiger partial charge in [-0.2, -0.15) is 0 Å². The Morgan fingerprint density at radius 1 is 0.390 bits per heavy atom. The fourth-order valence-corrected chi connectivity index (χ4v) is 10.3. The van der Waals surface area contributed by atoms with Crippen molar-refractivity contribution >= 4 is 96.8 Å². The maximum atomic E-state index is 7.05. The van der Waals surface area contributed by atoms with Crippen LogP contribution in [0.5, 0.6) is 0 Å². The summed E-state index contributed by atoms with van der Waals surface area (Å²) < 4.78 is 11.9. The van der Waals surface area contributed by atoms with E-state index >= 15 is 0 Å². The molecular formula is C53H30N4OS. The molecule has 0 saturated heterocycles. The van der Waals surface area contributed by atoms with E-state index in [-0.39, 0.29) is 0 Å². The second-order valence-electron chi connectivity index (χ2n) is 15.1. The molecular weight excluding hydrogens is 741 g/mol. The molecule has 0 amide bonds. The van der Waals surface area contributed by atoms with Crippen LogP contribution in [0.25, 0.3) is 125 Å². The van der Waals surface area contributed by atoms with Crippen LogP contribution in [0.15, 0.2) is 186 Å². The molecule has 9 aromatic carbocycles. The van der Waals surface area contributed by atoms with Gasteiger partial charge < -0.3 is 8.98 Å². The minimum absolute atomic E-state index is 0.565. The lowest BCUT2D eigenvalue weighted by Gasteiger charge is -2.13. The Bertz CT molecular complexity index is 3860. The lowest BCUT2D eigenvalue weighted by atomic mass is 10.0. The molecule has 0 saturated carbocycles. The van der Waals surface area contributed by atoms with E-state index in [1.807, 2.05) is 18.2 Å². The Hall–Kier alpha value is -7.67. The number of rotatable bonds is 4. The summed E-state index contributed by atoms with van der Waals surface area (Å²) in [4.78, 5) is 15.6. The quantitative estimate of drug-likeness (QED) is 0.179. The highest BCUT2D eigenvalue weighted by atomic mass is 32.1. The number of benzene rings is 9. The molecule has 0 N–H and O–H groups in total. The van der Waals surface area contributed by atoms with E-state index in [4.69, 9.17) is 19.4 Å². The predicted molar refractivity (Wildman–Crippen MR) is 246 cm³/mol. The molecule has 13 aromatic rings. The molecule has 4 aromatic heterocycles. The maximum Gasteiger partial charge on any atom is 0.167 e. The molecule has 0 aliphatic heterocycles. The van der Waals surface area contributed by atoms with Crippen molar-refractivity contribution in [3.8, 4) is 39.9 Å². The highest BCUT2D eigenvalue weighted by Gasteiger charge is 2.23. The van der Waals surface area contributed by atoms with Gasteiger partial charge in [0.05, 0.1) is 22.3 Å². The molecule has 0 aliphatic rings. The molecule has 59 heavy (non-hydrogen) atoms. The summed E-state index contributed by atoms with van der Waals surface area (Å²) in [6.45, 7) is 0. The van der Waals surface area contributed by atoms with Crippen LogP contribution < -0.4 is 0 Å². The topological polar surface area (TPSA) is 56.7 Å². The third kappa shape index (κ3) is 4.81. The minimum Gasteiger partial charge on any atom is -0.455 e. The Labute approximate surface area is 341 Å². The van der Waals surface area contributed by atoms with Crippen LogP contribution in [0.4, 0.5) is 0 Å². The summed E-state index contributed by atoms with van der Waals surface area (Å²) in [7, 11) is 0. The highest BCUT2D eigenvalue weighted by Crippen LogP contribution is 2.44. The van der Waals surface area contributed by atoms with Gasteiger partial charge in [-0.1, -0.05) is 140 Å². The van der Waals surface area contributed by atoms with E-state index in [2.05, 4.69) is 168 Å². The van der Waals surface area contributed by atoms with Gasteiger partial charge in [-0.3, -0.25) is 0 Å². The van der Waals surface area contributed by atoms with Gasteiger partial charge in [-0.15, -0.1) is 11.3 Å². The zero-order valence-electron chi connectivity index (χ0n) is 31.4. The first kappa shape index (κ1) is 32.4. The molecule has 274 valence electrons. The second-order valence-corrected chi connectivity index (χ2v) is 16.2. The average molecular weight is 771 g/mol. The van der Waals surface area contributed by atoms with Gasteiger partial charge >= 0.3 is 0 Å². The lowest BCUT2D eigenvalue weighted by molar-refractivity contribution is 0.673. The van der Waals surface area contributed by atoms with Gasteiger partial charge in [-0.25, -0.2) is 15.0 Å². The van der Waals surface area contributed by atoms with Crippen molar-refractivity contribution in [2.45, 2.75) is 0 Å². The van der Waals surface area contributed by atoms with Crippen LogP contribution in [0, 0.1) is 0 Å². The molecule has 5 nitrogen and oxygen atoms in total. The van der Waals surface area contributed by atoms with Crippen LogP contribution in [0.1, 0.15) is 0 Å². The van der Waals surface area contributed by atoms with E-state index in [0.717, 1.165) is 65.3 Å². The third-order valence-electron chi connectivity index (χ3n) is 11.8. The van der Waals surface area contributed by atoms with Crippen LogP contribution in [0.2, 0.25) is 0 Å². The molecule has 0 bridgehead atoms. The molecule has 0 fully saturated rings. The lowest BCUT2D eigenvalue weighted by Crippen LogP contribution is -2.00. The van der Waals surface area contributed by atoms with E-state index in [0.29, 0.717) is 17.5 Å². The van der Waals surface area contributed by atoms with Crippen LogP contribution in [-0.4, -0.2) is 19.5 Å². The molecule has 0 unspecified atom stereocenters. The number of thiophene rings is 1. The molecule has 0 radical (unpaired) electrons. The Balaban J connectivity index is 1.08. The number of aromatic nitrogens is 4. The van der Waals surface area contributed by atoms with E-state index in [9.17, 15) is 0 Å². The second kappa shape index (κ2) is 12.4. The summed E-state index contributed by atoms with van der Waals surface area (Å²) in [5.41, 5.74) is 7.74. The molecule has 0 atom stereocenters. The predicted octanol–water partition coefficient (Wildman–Crippen LogP) is 14.5. The molecule has 13 rings (SSSR count). The third-order valence-corrected chi connectivity index (χ3v) is 13.0. The maximum absolute atomic E-state index is 7.05. The van der Waals surface area contributed by atoms with Crippen LogP contribution in [0.3, 0.4) is 0 Å². The zero-order valence-corrected chi connectivity index (χ0v) is 32.2. The summed E-state index contributed by atoms with van der Waals surface area (Å²) in [5.74, 6) is 1.81. The normalized spacial score (nSPS) is 12.1. The van der Waals surface area contributed by atoms with Crippen molar-refractivity contribution in [3.63, 3.8) is 0 Å². The van der Waals surface area contributed by atoms with Gasteiger partial charge in [0, 0.05) is 63.6 Å². The van der Waals surface area contributed by atoms with Crippen molar-refractivity contribution in [3.05, 3.63) is 182 Å². The minimum atomic E-state index is 0.565. The van der Waals surface area contributed by atoms with Crippen molar-refractivity contribution < 1.29 is 4.42 Å². The average Bonchev–Trinajstić information content (AvgIpc) is 3.98. The summed E-state index contributed by atoms with van der Waals surface area (Å²) in [6.07, 6.45) is 0. The summed E-state index contributed by atoms with van der Waals surface area (Å²) in [6, 6.07) is 64.3. The van der Waals surface area contributed by atoms with Crippen LogP contribution >= 0.6 is 11.3 Å². The number of hydrogen-bond acceptors (Lipinski definition) is 5. The van der Waals surface area contributed by atoms with Crippen molar-refractivity contribution in [1.82, 2.24) is 19.5 Å². The molecule has 0 aliphatic carbocycles. The van der Waals surface area contributed by atoms with Crippen molar-refractivity contribution in [1.29, 1.82) is 0 Å². The van der Waals surface area contributed by atoms with Crippen molar-refractivity contribution in [2.75, 3.05) is 0 Å². The fraction of sp³-hybridized carbons (Fsp3) is 0. The monoisotopic (exact) mass is 770 g/mol. The first-order chi connectivity index (χ1) is 29.2. The first-order valence-corrected chi connectivity index (χ1v) is 20.6.